The average molecular weight is 586 g/mol. The summed E-state index contributed by atoms with van der Waals surface area (Å²) in [6.07, 6.45) is 0.625. The maximum absolute atomic E-state index is 13.8. The molecule has 0 aliphatic carbocycles. The summed E-state index contributed by atoms with van der Waals surface area (Å²) in [6.45, 7) is 9.89. The summed E-state index contributed by atoms with van der Waals surface area (Å²) in [7, 11) is 1.91. The number of hydrogen-bond donors (Lipinski definition) is 1. The predicted octanol–water partition coefficient (Wildman–Crippen LogP) is 3.01. The number of halogens is 1. The molecule has 4 aromatic heterocycles. The van der Waals surface area contributed by atoms with Crippen molar-refractivity contribution >= 4 is 45.4 Å². The van der Waals surface area contributed by atoms with E-state index in [2.05, 4.69) is 15.2 Å². The lowest BCUT2D eigenvalue weighted by Gasteiger charge is -2.35. The highest BCUT2D eigenvalue weighted by molar-refractivity contribution is 7.16. The van der Waals surface area contributed by atoms with Crippen LogP contribution in [0, 0.1) is 13.8 Å². The quantitative estimate of drug-likeness (QED) is 0.327. The zero-order valence-electron chi connectivity index (χ0n) is 23.0. The third-order valence-electron chi connectivity index (χ3n) is 7.32. The van der Waals surface area contributed by atoms with Crippen LogP contribution in [0.1, 0.15) is 40.6 Å². The molecular formula is C26H32ClN9O3S. The second kappa shape index (κ2) is 10.9. The number of rotatable bonds is 7. The van der Waals surface area contributed by atoms with E-state index in [0.29, 0.717) is 31.9 Å². The molecule has 1 saturated heterocycles. The number of morpholine rings is 1. The van der Waals surface area contributed by atoms with Crippen molar-refractivity contribution in [3.63, 3.8) is 0 Å². The van der Waals surface area contributed by atoms with E-state index in [1.165, 1.54) is 0 Å². The van der Waals surface area contributed by atoms with Crippen molar-refractivity contribution in [2.24, 2.45) is 7.05 Å². The van der Waals surface area contributed by atoms with Gasteiger partial charge in [0, 0.05) is 45.2 Å². The minimum atomic E-state index is -0.432. The molecule has 1 amide bonds. The summed E-state index contributed by atoms with van der Waals surface area (Å²) in [4.78, 5) is 28.0. The van der Waals surface area contributed by atoms with Crippen LogP contribution in [0.15, 0.2) is 12.1 Å². The van der Waals surface area contributed by atoms with Crippen LogP contribution in [-0.4, -0.2) is 86.2 Å². The van der Waals surface area contributed by atoms with E-state index < -0.39 is 6.04 Å². The van der Waals surface area contributed by atoms with E-state index in [-0.39, 0.29) is 17.7 Å². The van der Waals surface area contributed by atoms with Crippen LogP contribution < -0.4 is 15.0 Å². The molecule has 6 rings (SSSR count). The molecule has 212 valence electrons. The number of nitrogens with zero attached hydrogens (tertiary/aromatic N) is 8. The predicted molar refractivity (Wildman–Crippen MR) is 153 cm³/mol. The van der Waals surface area contributed by atoms with Gasteiger partial charge in [-0.1, -0.05) is 22.9 Å². The zero-order chi connectivity index (χ0) is 28.0. The molecule has 6 heterocycles. The van der Waals surface area contributed by atoms with Crippen molar-refractivity contribution in [2.75, 3.05) is 56.2 Å². The first-order valence-corrected chi connectivity index (χ1v) is 14.6. The second-order valence-corrected chi connectivity index (χ2v) is 11.4. The van der Waals surface area contributed by atoms with Gasteiger partial charge >= 0.3 is 0 Å². The molecule has 14 heteroatoms. The summed E-state index contributed by atoms with van der Waals surface area (Å²) < 4.78 is 15.1. The minimum absolute atomic E-state index is 0.170. The fraction of sp³-hybridized carbons (Fsp3) is 0.500. The highest BCUT2D eigenvalue weighted by atomic mass is 35.5. The van der Waals surface area contributed by atoms with Crippen LogP contribution in [-0.2, 0) is 23.0 Å². The Hall–Kier alpha value is -3.42. The van der Waals surface area contributed by atoms with Gasteiger partial charge < -0.3 is 24.6 Å². The summed E-state index contributed by atoms with van der Waals surface area (Å²) >= 11 is 8.02. The third kappa shape index (κ3) is 4.75. The Bertz CT molecular complexity index is 1560. The summed E-state index contributed by atoms with van der Waals surface area (Å²) in [6, 6.07) is 3.20. The molecule has 1 unspecified atom stereocenters. The number of anilines is 2. The average Bonchev–Trinajstić information content (AvgIpc) is 3.57. The standard InChI is InChI=1S/C26H32ClN9O3S/c1-5-28-25-15(2)21(33(4)32-25)23-22-17(29-26-36(22)31-16(3)40-26)8-9-35(23)20(37)14-39-18-6-7-19(30-24(18)27)34-10-12-38-13-11-34/h6-7,23H,5,8-14H2,1-4H3,(H,28,32). The number of fused-ring (bicyclic) bond motifs is 3. The Morgan fingerprint density at radius 3 is 2.73 bits per heavy atom. The molecule has 2 aliphatic heterocycles. The lowest BCUT2D eigenvalue weighted by molar-refractivity contribution is -0.135. The highest BCUT2D eigenvalue weighted by Crippen LogP contribution is 2.39. The van der Waals surface area contributed by atoms with Gasteiger partial charge in [-0.2, -0.15) is 10.2 Å². The van der Waals surface area contributed by atoms with Crippen molar-refractivity contribution in [1.29, 1.82) is 0 Å². The Morgan fingerprint density at radius 2 is 1.98 bits per heavy atom. The summed E-state index contributed by atoms with van der Waals surface area (Å²) in [5.74, 6) is 1.76. The molecule has 1 fully saturated rings. The van der Waals surface area contributed by atoms with E-state index in [0.717, 1.165) is 63.9 Å². The van der Waals surface area contributed by atoms with Gasteiger partial charge in [-0.05, 0) is 32.9 Å². The number of amides is 1. The number of carbonyl (C=O) groups excluding carboxylic acids is 1. The van der Waals surface area contributed by atoms with Crippen molar-refractivity contribution in [1.82, 2.24) is 34.3 Å². The first kappa shape index (κ1) is 26.8. The largest absolute Gasteiger partial charge is 0.481 e. The van der Waals surface area contributed by atoms with Crippen LogP contribution in [0.25, 0.3) is 4.96 Å². The topological polar surface area (TPSA) is 115 Å². The van der Waals surface area contributed by atoms with Crippen LogP contribution in [0.2, 0.25) is 5.15 Å². The van der Waals surface area contributed by atoms with Crippen LogP contribution in [0.3, 0.4) is 0 Å². The minimum Gasteiger partial charge on any atom is -0.481 e. The monoisotopic (exact) mass is 585 g/mol. The maximum atomic E-state index is 13.8. The van der Waals surface area contributed by atoms with Gasteiger partial charge in [0.05, 0.1) is 30.3 Å². The number of aryl methyl sites for hydroxylation is 2. The number of ether oxygens (including phenoxy) is 2. The van der Waals surface area contributed by atoms with Gasteiger partial charge in [-0.15, -0.1) is 0 Å². The molecule has 1 atom stereocenters. The van der Waals surface area contributed by atoms with Gasteiger partial charge in [0.25, 0.3) is 5.91 Å². The van der Waals surface area contributed by atoms with E-state index >= 15 is 0 Å². The van der Waals surface area contributed by atoms with E-state index in [1.807, 2.05) is 48.0 Å². The molecule has 1 N–H and O–H groups in total. The van der Waals surface area contributed by atoms with E-state index in [1.54, 1.807) is 17.4 Å². The fourth-order valence-corrected chi connectivity index (χ4v) is 6.45. The smallest absolute Gasteiger partial charge is 0.261 e. The molecule has 2 aliphatic rings. The number of imidazole rings is 1. The molecule has 0 bridgehead atoms. The third-order valence-corrected chi connectivity index (χ3v) is 8.42. The lowest BCUT2D eigenvalue weighted by Crippen LogP contribution is -2.44. The van der Waals surface area contributed by atoms with E-state index in [9.17, 15) is 4.79 Å². The van der Waals surface area contributed by atoms with Gasteiger partial charge in [0.2, 0.25) is 4.96 Å². The molecule has 0 spiro atoms. The first-order valence-electron chi connectivity index (χ1n) is 13.4. The first-order chi connectivity index (χ1) is 19.4. The fourth-order valence-electron chi connectivity index (χ4n) is 5.48. The molecule has 0 aromatic carbocycles. The van der Waals surface area contributed by atoms with Gasteiger partial charge in [0.15, 0.2) is 23.3 Å². The zero-order valence-corrected chi connectivity index (χ0v) is 24.5. The van der Waals surface area contributed by atoms with Gasteiger partial charge in [-0.3, -0.25) is 9.48 Å². The number of carbonyl (C=O) groups is 1. The number of nitrogens with one attached hydrogen (secondary N) is 1. The van der Waals surface area contributed by atoms with E-state index in [4.69, 9.17) is 36.3 Å². The molecular weight excluding hydrogens is 554 g/mol. The van der Waals surface area contributed by atoms with Gasteiger partial charge in [0.1, 0.15) is 16.9 Å². The molecule has 4 aromatic rings. The summed E-state index contributed by atoms with van der Waals surface area (Å²) in [5.41, 5.74) is 3.73. The maximum Gasteiger partial charge on any atom is 0.261 e. The Balaban J connectivity index is 1.30. The number of hydrogen-bond acceptors (Lipinski definition) is 10. The molecule has 0 saturated carbocycles. The molecule has 0 radical (unpaired) electrons. The SMILES string of the molecule is CCNc1nn(C)c(C2c3c(nc4sc(C)nn34)CCN2C(=O)COc2ccc(N3CCOCC3)nc2Cl)c1C. The van der Waals surface area contributed by atoms with Crippen LogP contribution in [0.4, 0.5) is 11.6 Å². The Labute approximate surface area is 240 Å². The van der Waals surface area contributed by atoms with Crippen molar-refractivity contribution in [2.45, 2.75) is 33.2 Å². The normalized spacial score (nSPS) is 17.4. The van der Waals surface area contributed by atoms with Crippen molar-refractivity contribution in [3.8, 4) is 5.75 Å². The van der Waals surface area contributed by atoms with Crippen molar-refractivity contribution < 1.29 is 14.3 Å². The Kier molecular flexibility index (Phi) is 7.27. The highest BCUT2D eigenvalue weighted by Gasteiger charge is 2.40. The molecule has 40 heavy (non-hydrogen) atoms. The number of pyridine rings is 1. The van der Waals surface area contributed by atoms with Crippen LogP contribution >= 0.6 is 22.9 Å². The van der Waals surface area contributed by atoms with Gasteiger partial charge in [-0.25, -0.2) is 14.5 Å². The molecule has 12 nitrogen and oxygen atoms in total. The van der Waals surface area contributed by atoms with Crippen LogP contribution in [0.5, 0.6) is 5.75 Å². The second-order valence-electron chi connectivity index (χ2n) is 9.86. The number of aromatic nitrogens is 6. The summed E-state index contributed by atoms with van der Waals surface area (Å²) in [5, 5.41) is 13.9. The Morgan fingerprint density at radius 1 is 1.18 bits per heavy atom. The lowest BCUT2D eigenvalue weighted by atomic mass is 9.97. The van der Waals surface area contributed by atoms with Crippen molar-refractivity contribution in [3.05, 3.63) is 44.9 Å².